The maximum atomic E-state index is 12.5. The third-order valence-corrected chi connectivity index (χ3v) is 3.85. The quantitative estimate of drug-likeness (QED) is 0.713. The van der Waals surface area contributed by atoms with Gasteiger partial charge in [-0.3, -0.25) is 9.59 Å². The minimum absolute atomic E-state index is 0.288. The van der Waals surface area contributed by atoms with Crippen LogP contribution >= 0.6 is 0 Å². The molecule has 0 fully saturated rings. The van der Waals surface area contributed by atoms with E-state index in [0.29, 0.717) is 17.8 Å². The molecule has 0 aliphatic rings. The van der Waals surface area contributed by atoms with Gasteiger partial charge < -0.3 is 10.6 Å². The van der Waals surface area contributed by atoms with Gasteiger partial charge in [0.1, 0.15) is 18.7 Å². The number of nitrogens with one attached hydrogen (secondary N) is 2. The average molecular weight is 349 g/mol. The Morgan fingerprint density at radius 3 is 2.54 bits per heavy atom. The Morgan fingerprint density at radius 2 is 1.81 bits per heavy atom. The molecule has 1 aromatic heterocycles. The number of anilines is 1. The van der Waals surface area contributed by atoms with Crippen LogP contribution in [0.3, 0.4) is 0 Å². The number of amides is 2. The van der Waals surface area contributed by atoms with E-state index in [1.165, 1.54) is 6.33 Å². The SMILES string of the molecule is C[C@@H](NC(=O)c1ccccc1)C(=O)Nc1ccccc1Cn1cncn1. The van der Waals surface area contributed by atoms with Crippen LogP contribution in [-0.2, 0) is 11.3 Å². The summed E-state index contributed by atoms with van der Waals surface area (Å²) in [5.41, 5.74) is 2.08. The van der Waals surface area contributed by atoms with Crippen molar-refractivity contribution in [2.75, 3.05) is 5.32 Å². The zero-order valence-corrected chi connectivity index (χ0v) is 14.3. The van der Waals surface area contributed by atoms with Gasteiger partial charge >= 0.3 is 0 Å². The van der Waals surface area contributed by atoms with E-state index in [2.05, 4.69) is 20.7 Å². The number of hydrogen-bond donors (Lipinski definition) is 2. The number of carbonyl (C=O) groups is 2. The van der Waals surface area contributed by atoms with Crippen LogP contribution in [0, 0.1) is 0 Å². The Hall–Kier alpha value is -3.48. The maximum Gasteiger partial charge on any atom is 0.251 e. The molecule has 3 rings (SSSR count). The van der Waals surface area contributed by atoms with Gasteiger partial charge in [0.2, 0.25) is 5.91 Å². The Kier molecular flexibility index (Phi) is 5.38. The van der Waals surface area contributed by atoms with E-state index < -0.39 is 6.04 Å². The molecule has 132 valence electrons. The number of benzene rings is 2. The summed E-state index contributed by atoms with van der Waals surface area (Å²) in [5, 5.41) is 9.64. The lowest BCUT2D eigenvalue weighted by molar-refractivity contribution is -0.117. The highest BCUT2D eigenvalue weighted by Crippen LogP contribution is 2.16. The topological polar surface area (TPSA) is 88.9 Å². The summed E-state index contributed by atoms with van der Waals surface area (Å²) in [4.78, 5) is 28.6. The summed E-state index contributed by atoms with van der Waals surface area (Å²) < 4.78 is 1.67. The first-order valence-corrected chi connectivity index (χ1v) is 8.20. The van der Waals surface area contributed by atoms with E-state index >= 15 is 0 Å². The van der Waals surface area contributed by atoms with Crippen molar-refractivity contribution in [2.24, 2.45) is 0 Å². The molecule has 26 heavy (non-hydrogen) atoms. The largest absolute Gasteiger partial charge is 0.341 e. The van der Waals surface area contributed by atoms with Gasteiger partial charge in [-0.15, -0.1) is 0 Å². The van der Waals surface area contributed by atoms with Gasteiger partial charge in [-0.2, -0.15) is 5.10 Å². The zero-order chi connectivity index (χ0) is 18.4. The minimum Gasteiger partial charge on any atom is -0.341 e. The highest BCUT2D eigenvalue weighted by atomic mass is 16.2. The van der Waals surface area contributed by atoms with Crippen molar-refractivity contribution in [1.29, 1.82) is 0 Å². The lowest BCUT2D eigenvalue weighted by atomic mass is 10.1. The fourth-order valence-corrected chi connectivity index (χ4v) is 2.45. The number of para-hydroxylation sites is 1. The maximum absolute atomic E-state index is 12.5. The van der Waals surface area contributed by atoms with Crippen molar-refractivity contribution in [1.82, 2.24) is 20.1 Å². The van der Waals surface area contributed by atoms with Crippen LogP contribution in [0.5, 0.6) is 0 Å². The van der Waals surface area contributed by atoms with Gasteiger partial charge in [0.15, 0.2) is 0 Å². The molecule has 7 heteroatoms. The number of nitrogens with zero attached hydrogens (tertiary/aromatic N) is 3. The highest BCUT2D eigenvalue weighted by Gasteiger charge is 2.17. The van der Waals surface area contributed by atoms with E-state index in [0.717, 1.165) is 5.56 Å². The number of rotatable bonds is 6. The van der Waals surface area contributed by atoms with Crippen molar-refractivity contribution in [3.05, 3.63) is 78.4 Å². The smallest absolute Gasteiger partial charge is 0.251 e. The van der Waals surface area contributed by atoms with Crippen LogP contribution in [-0.4, -0.2) is 32.6 Å². The molecule has 2 aromatic carbocycles. The molecule has 2 N–H and O–H groups in total. The van der Waals surface area contributed by atoms with Crippen molar-refractivity contribution in [3.63, 3.8) is 0 Å². The molecule has 0 radical (unpaired) electrons. The van der Waals surface area contributed by atoms with Gasteiger partial charge in [-0.25, -0.2) is 9.67 Å². The normalized spacial score (nSPS) is 11.6. The van der Waals surface area contributed by atoms with Gasteiger partial charge in [0.25, 0.3) is 5.91 Å². The van der Waals surface area contributed by atoms with Crippen LogP contribution in [0.25, 0.3) is 0 Å². The molecule has 1 heterocycles. The average Bonchev–Trinajstić information content (AvgIpc) is 3.17. The van der Waals surface area contributed by atoms with Crippen LogP contribution in [0.15, 0.2) is 67.3 Å². The lowest BCUT2D eigenvalue weighted by Crippen LogP contribution is -2.41. The third kappa shape index (κ3) is 4.32. The number of aromatic nitrogens is 3. The summed E-state index contributed by atoms with van der Waals surface area (Å²) in [6.07, 6.45) is 3.07. The standard InChI is InChI=1S/C19H19N5O2/c1-14(22-19(26)15-7-3-2-4-8-15)18(25)23-17-10-6-5-9-16(17)11-24-13-20-12-21-24/h2-10,12-14H,11H2,1H3,(H,22,26)(H,23,25)/t14-/m1/s1. The molecule has 2 amide bonds. The Morgan fingerprint density at radius 1 is 1.08 bits per heavy atom. The summed E-state index contributed by atoms with van der Waals surface area (Å²) in [6, 6.07) is 15.6. The fourth-order valence-electron chi connectivity index (χ4n) is 2.45. The van der Waals surface area contributed by atoms with E-state index in [9.17, 15) is 9.59 Å². The monoisotopic (exact) mass is 349 g/mol. The second kappa shape index (κ2) is 8.06. The summed E-state index contributed by atoms with van der Waals surface area (Å²) >= 11 is 0. The van der Waals surface area contributed by atoms with E-state index in [4.69, 9.17) is 0 Å². The molecule has 0 aliphatic heterocycles. The Labute approximate surface area is 151 Å². The van der Waals surface area contributed by atoms with E-state index in [1.807, 2.05) is 30.3 Å². The molecule has 0 saturated carbocycles. The summed E-state index contributed by atoms with van der Waals surface area (Å²) in [7, 11) is 0. The first-order chi connectivity index (χ1) is 12.6. The van der Waals surface area contributed by atoms with Gasteiger partial charge in [-0.05, 0) is 30.7 Å². The third-order valence-electron chi connectivity index (χ3n) is 3.85. The lowest BCUT2D eigenvalue weighted by Gasteiger charge is -2.16. The molecule has 3 aromatic rings. The van der Waals surface area contributed by atoms with Gasteiger partial charge in [0.05, 0.1) is 6.54 Å². The summed E-state index contributed by atoms with van der Waals surface area (Å²) in [6.45, 7) is 2.14. The van der Waals surface area contributed by atoms with Crippen molar-refractivity contribution < 1.29 is 9.59 Å². The van der Waals surface area contributed by atoms with Crippen LogP contribution in [0.2, 0.25) is 0 Å². The summed E-state index contributed by atoms with van der Waals surface area (Å²) in [5.74, 6) is -0.579. The molecular formula is C19H19N5O2. The Bertz CT molecular complexity index is 878. The van der Waals surface area contributed by atoms with E-state index in [1.54, 1.807) is 42.2 Å². The van der Waals surface area contributed by atoms with E-state index in [-0.39, 0.29) is 11.8 Å². The van der Waals surface area contributed by atoms with Crippen molar-refractivity contribution >= 4 is 17.5 Å². The molecule has 0 unspecified atom stereocenters. The first kappa shape index (κ1) is 17.3. The molecule has 0 saturated heterocycles. The molecule has 7 nitrogen and oxygen atoms in total. The Balaban J connectivity index is 1.65. The predicted molar refractivity (Wildman–Crippen MR) is 97.6 cm³/mol. The number of carbonyl (C=O) groups excluding carboxylic acids is 2. The van der Waals surface area contributed by atoms with Crippen LogP contribution in [0.4, 0.5) is 5.69 Å². The minimum atomic E-state index is -0.679. The van der Waals surface area contributed by atoms with Crippen LogP contribution in [0.1, 0.15) is 22.8 Å². The first-order valence-electron chi connectivity index (χ1n) is 8.20. The van der Waals surface area contributed by atoms with Crippen molar-refractivity contribution in [2.45, 2.75) is 19.5 Å². The molecule has 0 spiro atoms. The molecule has 0 bridgehead atoms. The fraction of sp³-hybridized carbons (Fsp3) is 0.158. The highest BCUT2D eigenvalue weighted by molar-refractivity contribution is 6.01. The number of hydrogen-bond acceptors (Lipinski definition) is 4. The second-order valence-electron chi connectivity index (χ2n) is 5.80. The predicted octanol–water partition coefficient (Wildman–Crippen LogP) is 2.08. The second-order valence-corrected chi connectivity index (χ2v) is 5.80. The van der Waals surface area contributed by atoms with Crippen molar-refractivity contribution in [3.8, 4) is 0 Å². The molecule has 1 atom stereocenters. The zero-order valence-electron chi connectivity index (χ0n) is 14.3. The van der Waals surface area contributed by atoms with Gasteiger partial charge in [0, 0.05) is 11.3 Å². The molecular weight excluding hydrogens is 330 g/mol. The van der Waals surface area contributed by atoms with Crippen LogP contribution < -0.4 is 10.6 Å². The molecule has 0 aliphatic carbocycles. The van der Waals surface area contributed by atoms with Gasteiger partial charge in [-0.1, -0.05) is 36.4 Å².